The summed E-state index contributed by atoms with van der Waals surface area (Å²) in [4.78, 5) is 13.6. The molecule has 0 aliphatic carbocycles. The summed E-state index contributed by atoms with van der Waals surface area (Å²) in [6, 6.07) is 21.7. The van der Waals surface area contributed by atoms with Gasteiger partial charge in [0.15, 0.2) is 0 Å². The molecule has 1 fully saturated rings. The lowest BCUT2D eigenvalue weighted by Gasteiger charge is -2.48. The van der Waals surface area contributed by atoms with Gasteiger partial charge >= 0.3 is 0 Å². The molecule has 0 aromatic heterocycles. The van der Waals surface area contributed by atoms with Crippen molar-refractivity contribution in [3.05, 3.63) is 100 Å². The van der Waals surface area contributed by atoms with Crippen molar-refractivity contribution in [2.75, 3.05) is 5.01 Å². The van der Waals surface area contributed by atoms with Gasteiger partial charge in [0, 0.05) is 22.4 Å². The molecule has 0 bridgehead atoms. The van der Waals surface area contributed by atoms with Crippen molar-refractivity contribution in [1.29, 1.82) is 0 Å². The Bertz CT molecular complexity index is 1320. The van der Waals surface area contributed by atoms with E-state index < -0.39 is 15.9 Å². The van der Waals surface area contributed by atoms with Gasteiger partial charge in [-0.05, 0) is 42.8 Å². The predicted molar refractivity (Wildman–Crippen MR) is 128 cm³/mol. The van der Waals surface area contributed by atoms with E-state index in [2.05, 4.69) is 15.9 Å². The minimum Gasteiger partial charge on any atom is -0.272 e. The fraction of sp³-hybridized carbons (Fsp3) is 0.160. The standard InChI is InChI=1S/C25H21BrN2O3S/c1-17-7-11-21(12-8-17)32(30,31)28-25(29)16-22(18-5-3-2-4-6-18)24-13-9-19-15-20(26)10-14-23(19)27(24)28/h2-15,22,24H,16H2,1H3/t22-,24+/m1/s1. The number of anilines is 1. The van der Waals surface area contributed by atoms with Crippen LogP contribution >= 0.6 is 15.9 Å². The van der Waals surface area contributed by atoms with E-state index in [-0.39, 0.29) is 23.3 Å². The van der Waals surface area contributed by atoms with E-state index in [9.17, 15) is 13.2 Å². The van der Waals surface area contributed by atoms with Crippen LogP contribution in [-0.2, 0) is 14.8 Å². The van der Waals surface area contributed by atoms with Gasteiger partial charge < -0.3 is 0 Å². The van der Waals surface area contributed by atoms with Crippen molar-refractivity contribution in [1.82, 2.24) is 4.41 Å². The van der Waals surface area contributed by atoms with Gasteiger partial charge in [0.05, 0.1) is 16.6 Å². The van der Waals surface area contributed by atoms with Crippen molar-refractivity contribution >= 4 is 43.6 Å². The van der Waals surface area contributed by atoms with E-state index in [1.807, 2.05) is 67.6 Å². The highest BCUT2D eigenvalue weighted by Gasteiger charge is 2.47. The largest absolute Gasteiger partial charge is 0.284 e. The smallest absolute Gasteiger partial charge is 0.272 e. The number of rotatable bonds is 3. The number of hydrogen-bond donors (Lipinski definition) is 0. The number of amides is 1. The summed E-state index contributed by atoms with van der Waals surface area (Å²) < 4.78 is 29.3. The number of hydrogen-bond acceptors (Lipinski definition) is 4. The van der Waals surface area contributed by atoms with Crippen LogP contribution in [0.3, 0.4) is 0 Å². The first-order chi connectivity index (χ1) is 15.4. The lowest BCUT2D eigenvalue weighted by molar-refractivity contribution is -0.129. The molecule has 2 aliphatic rings. The Hall–Kier alpha value is -2.90. The zero-order valence-corrected chi connectivity index (χ0v) is 19.8. The zero-order chi connectivity index (χ0) is 22.5. The first-order valence-corrected chi connectivity index (χ1v) is 12.6. The predicted octanol–water partition coefficient (Wildman–Crippen LogP) is 5.28. The molecule has 2 heterocycles. The molecule has 5 nitrogen and oxygen atoms in total. The molecule has 1 saturated heterocycles. The van der Waals surface area contributed by atoms with Crippen molar-refractivity contribution in [3.8, 4) is 0 Å². The van der Waals surface area contributed by atoms with Gasteiger partial charge in [-0.2, -0.15) is 8.42 Å². The van der Waals surface area contributed by atoms with E-state index in [0.29, 0.717) is 5.69 Å². The Labute approximate surface area is 196 Å². The third-order valence-electron chi connectivity index (χ3n) is 5.98. The quantitative estimate of drug-likeness (QED) is 0.482. The van der Waals surface area contributed by atoms with Crippen LogP contribution in [0.2, 0.25) is 0 Å². The number of carbonyl (C=O) groups is 1. The number of sulfonamides is 1. The van der Waals surface area contributed by atoms with Crippen molar-refractivity contribution in [2.24, 2.45) is 0 Å². The number of benzene rings is 3. The minimum atomic E-state index is -4.09. The van der Waals surface area contributed by atoms with E-state index in [0.717, 1.165) is 25.6 Å². The fourth-order valence-electron chi connectivity index (χ4n) is 4.42. The van der Waals surface area contributed by atoms with Crippen molar-refractivity contribution < 1.29 is 13.2 Å². The molecule has 0 radical (unpaired) electrons. The topological polar surface area (TPSA) is 57.7 Å². The van der Waals surface area contributed by atoms with Crippen LogP contribution in [0.1, 0.15) is 29.0 Å². The Balaban J connectivity index is 1.68. The first kappa shape index (κ1) is 21.0. The molecule has 3 aromatic rings. The normalized spacial score (nSPS) is 20.1. The average Bonchev–Trinajstić information content (AvgIpc) is 2.78. The van der Waals surface area contributed by atoms with E-state index in [1.165, 1.54) is 0 Å². The summed E-state index contributed by atoms with van der Waals surface area (Å²) in [5.74, 6) is -0.610. The van der Waals surface area contributed by atoms with Gasteiger partial charge in [0.2, 0.25) is 0 Å². The highest BCUT2D eigenvalue weighted by Crippen LogP contribution is 2.43. The monoisotopic (exact) mass is 508 g/mol. The summed E-state index contributed by atoms with van der Waals surface area (Å²) in [6.45, 7) is 1.90. The summed E-state index contributed by atoms with van der Waals surface area (Å²) in [5, 5.41) is 1.65. The van der Waals surface area contributed by atoms with Crippen LogP contribution in [0.5, 0.6) is 0 Å². The highest BCUT2D eigenvalue weighted by atomic mass is 79.9. The minimum absolute atomic E-state index is 0.0987. The highest BCUT2D eigenvalue weighted by molar-refractivity contribution is 9.10. The third-order valence-corrected chi connectivity index (χ3v) is 8.18. The Kier molecular flexibility index (Phi) is 5.18. The van der Waals surface area contributed by atoms with Crippen LogP contribution in [0, 0.1) is 6.92 Å². The molecular weight excluding hydrogens is 488 g/mol. The summed E-state index contributed by atoms with van der Waals surface area (Å²) in [5.41, 5.74) is 3.49. The molecule has 0 saturated carbocycles. The first-order valence-electron chi connectivity index (χ1n) is 10.3. The fourth-order valence-corrected chi connectivity index (χ4v) is 6.25. The molecule has 2 aliphatic heterocycles. The van der Waals surface area contributed by atoms with Gasteiger partial charge in [0.1, 0.15) is 0 Å². The van der Waals surface area contributed by atoms with Crippen LogP contribution in [0.4, 0.5) is 5.69 Å². The Morgan fingerprint density at radius 3 is 2.41 bits per heavy atom. The number of fused-ring (bicyclic) bond motifs is 3. The Morgan fingerprint density at radius 2 is 1.69 bits per heavy atom. The third kappa shape index (κ3) is 3.45. The second-order valence-corrected chi connectivity index (χ2v) is 10.8. The maximum atomic E-state index is 13.7. The molecular formula is C25H21BrN2O3S. The maximum Gasteiger partial charge on any atom is 0.284 e. The number of aryl methyl sites for hydroxylation is 1. The number of hydrazine groups is 1. The number of carbonyl (C=O) groups excluding carboxylic acids is 1. The summed E-state index contributed by atoms with van der Waals surface area (Å²) in [6.07, 6.45) is 4.10. The van der Waals surface area contributed by atoms with Crippen molar-refractivity contribution in [3.63, 3.8) is 0 Å². The SMILES string of the molecule is Cc1ccc(S(=O)(=O)N2C(=O)C[C@H](c3ccccc3)[C@@H]3C=Cc4cc(Br)ccc4N32)cc1. The van der Waals surface area contributed by atoms with Crippen LogP contribution in [0.25, 0.3) is 6.08 Å². The number of halogens is 1. The lowest BCUT2D eigenvalue weighted by Crippen LogP contribution is -2.60. The van der Waals surface area contributed by atoms with Crippen LogP contribution in [0.15, 0.2) is 88.2 Å². The van der Waals surface area contributed by atoms with E-state index in [1.54, 1.807) is 29.3 Å². The molecule has 162 valence electrons. The van der Waals surface area contributed by atoms with Gasteiger partial charge in [0.25, 0.3) is 15.9 Å². The van der Waals surface area contributed by atoms with Crippen LogP contribution < -0.4 is 5.01 Å². The molecule has 0 N–H and O–H groups in total. The second kappa shape index (κ2) is 7.90. The molecule has 32 heavy (non-hydrogen) atoms. The number of nitrogens with zero attached hydrogens (tertiary/aromatic N) is 2. The van der Waals surface area contributed by atoms with Crippen LogP contribution in [-0.4, -0.2) is 24.8 Å². The lowest BCUT2D eigenvalue weighted by atomic mass is 9.84. The van der Waals surface area contributed by atoms with E-state index in [4.69, 9.17) is 0 Å². The Morgan fingerprint density at radius 1 is 0.969 bits per heavy atom. The van der Waals surface area contributed by atoms with Gasteiger partial charge in [-0.15, -0.1) is 4.41 Å². The van der Waals surface area contributed by atoms with E-state index >= 15 is 0 Å². The van der Waals surface area contributed by atoms with Gasteiger partial charge in [-0.25, -0.2) is 0 Å². The molecule has 3 aromatic carbocycles. The molecule has 7 heteroatoms. The van der Waals surface area contributed by atoms with Crippen molar-refractivity contribution in [2.45, 2.75) is 30.2 Å². The van der Waals surface area contributed by atoms with Gasteiger partial charge in [-0.3, -0.25) is 9.80 Å². The second-order valence-electron chi connectivity index (χ2n) is 8.07. The molecule has 5 rings (SSSR count). The maximum absolute atomic E-state index is 13.7. The zero-order valence-electron chi connectivity index (χ0n) is 17.4. The molecule has 2 atom stereocenters. The molecule has 1 amide bonds. The molecule has 0 unspecified atom stereocenters. The summed E-state index contributed by atoms with van der Waals surface area (Å²) >= 11 is 3.49. The molecule has 0 spiro atoms. The average molecular weight is 509 g/mol. The summed E-state index contributed by atoms with van der Waals surface area (Å²) in [7, 11) is -4.09. The van der Waals surface area contributed by atoms with Gasteiger partial charge in [-0.1, -0.05) is 76.1 Å².